The summed E-state index contributed by atoms with van der Waals surface area (Å²) >= 11 is 0. The zero-order valence-corrected chi connectivity index (χ0v) is 11.5. The second-order valence-corrected chi connectivity index (χ2v) is 4.85. The molecule has 1 aliphatic rings. The number of anilines is 2. The van der Waals surface area contributed by atoms with Gasteiger partial charge in [-0.25, -0.2) is 4.98 Å². The van der Waals surface area contributed by atoms with Gasteiger partial charge in [0.1, 0.15) is 17.5 Å². The van der Waals surface area contributed by atoms with Crippen molar-refractivity contribution in [2.24, 2.45) is 0 Å². The molecule has 1 aliphatic heterocycles. The summed E-state index contributed by atoms with van der Waals surface area (Å²) in [5.74, 6) is 1.39. The number of nitrogens with zero attached hydrogens (tertiary/aromatic N) is 4. The van der Waals surface area contributed by atoms with Crippen LogP contribution in [0.25, 0.3) is 5.82 Å². The molecule has 7 heteroatoms. The van der Waals surface area contributed by atoms with E-state index in [0.717, 1.165) is 26.1 Å². The Morgan fingerprint density at radius 3 is 2.86 bits per heavy atom. The lowest BCUT2D eigenvalue weighted by molar-refractivity contribution is 0.0904. The molecule has 0 aromatic carbocycles. The minimum Gasteiger partial charge on any atom is -0.382 e. The maximum Gasteiger partial charge on any atom is 0.169 e. The lowest BCUT2D eigenvalue weighted by Gasteiger charge is -2.22. The summed E-state index contributed by atoms with van der Waals surface area (Å²) in [6, 6.07) is 7.82. The monoisotopic (exact) mass is 284 g/mol. The molecule has 0 aliphatic carbocycles. The van der Waals surface area contributed by atoms with Gasteiger partial charge in [-0.3, -0.25) is 0 Å². The Hall–Kier alpha value is -2.59. The van der Waals surface area contributed by atoms with Crippen LogP contribution >= 0.6 is 0 Å². The SMILES string of the molecule is N#Cc1c(NC2CCOCC2)nn(-c2ccccn2)c1N. The molecule has 21 heavy (non-hydrogen) atoms. The van der Waals surface area contributed by atoms with E-state index in [4.69, 9.17) is 10.5 Å². The van der Waals surface area contributed by atoms with E-state index in [1.54, 1.807) is 12.3 Å². The standard InChI is InChI=1S/C14H16N6O/c15-9-11-13(16)20(12-3-1-2-6-17-12)19-14(11)18-10-4-7-21-8-5-10/h1-3,6,10H,4-5,7-8,16H2,(H,18,19). The predicted molar refractivity (Wildman–Crippen MR) is 78.0 cm³/mol. The average molecular weight is 284 g/mol. The second kappa shape index (κ2) is 5.81. The first-order valence-electron chi connectivity index (χ1n) is 6.84. The molecule has 2 aromatic heterocycles. The molecular formula is C14H16N6O. The summed E-state index contributed by atoms with van der Waals surface area (Å²) in [6.07, 6.45) is 3.44. The zero-order chi connectivity index (χ0) is 14.7. The van der Waals surface area contributed by atoms with Crippen molar-refractivity contribution in [3.63, 3.8) is 0 Å². The normalized spacial score (nSPS) is 15.6. The van der Waals surface area contributed by atoms with Gasteiger partial charge in [0.25, 0.3) is 0 Å². The number of nitriles is 1. The summed E-state index contributed by atoms with van der Waals surface area (Å²) in [4.78, 5) is 4.21. The lowest BCUT2D eigenvalue weighted by Crippen LogP contribution is -2.28. The number of nitrogens with one attached hydrogen (secondary N) is 1. The van der Waals surface area contributed by atoms with E-state index >= 15 is 0 Å². The van der Waals surface area contributed by atoms with Gasteiger partial charge in [-0.1, -0.05) is 6.07 Å². The molecule has 108 valence electrons. The molecule has 7 nitrogen and oxygen atoms in total. The number of aromatic nitrogens is 3. The number of ether oxygens (including phenoxy) is 1. The topological polar surface area (TPSA) is 102 Å². The molecule has 0 spiro atoms. The van der Waals surface area contributed by atoms with Crippen molar-refractivity contribution in [3.8, 4) is 11.9 Å². The van der Waals surface area contributed by atoms with Gasteiger partial charge in [0.2, 0.25) is 0 Å². The number of pyridine rings is 1. The first kappa shape index (κ1) is 13.4. The predicted octanol–water partition coefficient (Wildman–Crippen LogP) is 1.31. The second-order valence-electron chi connectivity index (χ2n) is 4.85. The molecule has 3 N–H and O–H groups in total. The van der Waals surface area contributed by atoms with E-state index in [-0.39, 0.29) is 6.04 Å². The third kappa shape index (κ3) is 2.66. The largest absolute Gasteiger partial charge is 0.382 e. The van der Waals surface area contributed by atoms with Crippen LogP contribution in [0.1, 0.15) is 18.4 Å². The lowest BCUT2D eigenvalue weighted by atomic mass is 10.1. The first-order chi connectivity index (χ1) is 10.3. The smallest absolute Gasteiger partial charge is 0.169 e. The number of rotatable bonds is 3. The van der Waals surface area contributed by atoms with E-state index in [1.165, 1.54) is 4.68 Å². The van der Waals surface area contributed by atoms with Crippen molar-refractivity contribution in [1.82, 2.24) is 14.8 Å². The summed E-state index contributed by atoms with van der Waals surface area (Å²) in [7, 11) is 0. The van der Waals surface area contributed by atoms with Gasteiger partial charge in [-0.2, -0.15) is 9.94 Å². The first-order valence-corrected chi connectivity index (χ1v) is 6.84. The average Bonchev–Trinajstić information content (AvgIpc) is 2.85. The molecule has 1 saturated heterocycles. The molecule has 0 radical (unpaired) electrons. The molecular weight excluding hydrogens is 268 g/mol. The van der Waals surface area contributed by atoms with E-state index in [2.05, 4.69) is 21.5 Å². The summed E-state index contributed by atoms with van der Waals surface area (Å²) in [5.41, 5.74) is 6.38. The molecule has 2 aromatic rings. The van der Waals surface area contributed by atoms with Crippen molar-refractivity contribution < 1.29 is 4.74 Å². The number of nitrogens with two attached hydrogens (primary N) is 1. The summed E-state index contributed by atoms with van der Waals surface area (Å²) in [6.45, 7) is 1.44. The van der Waals surface area contributed by atoms with Crippen molar-refractivity contribution in [2.45, 2.75) is 18.9 Å². The third-order valence-electron chi connectivity index (χ3n) is 3.46. The number of hydrogen-bond acceptors (Lipinski definition) is 6. The molecule has 0 amide bonds. The van der Waals surface area contributed by atoms with Crippen LogP contribution in [0.2, 0.25) is 0 Å². The molecule has 1 fully saturated rings. The quantitative estimate of drug-likeness (QED) is 0.881. The highest BCUT2D eigenvalue weighted by Crippen LogP contribution is 2.25. The third-order valence-corrected chi connectivity index (χ3v) is 3.46. The molecule has 0 atom stereocenters. The van der Waals surface area contributed by atoms with Gasteiger partial charge >= 0.3 is 0 Å². The Labute approximate surface area is 122 Å². The van der Waals surface area contributed by atoms with Crippen molar-refractivity contribution >= 4 is 11.6 Å². The van der Waals surface area contributed by atoms with Gasteiger partial charge in [-0.15, -0.1) is 5.10 Å². The number of nitrogen functional groups attached to an aromatic ring is 1. The Morgan fingerprint density at radius 1 is 1.38 bits per heavy atom. The van der Waals surface area contributed by atoms with Gasteiger partial charge in [0.05, 0.1) is 0 Å². The zero-order valence-electron chi connectivity index (χ0n) is 11.5. The van der Waals surface area contributed by atoms with Crippen LogP contribution in [0.3, 0.4) is 0 Å². The van der Waals surface area contributed by atoms with E-state index in [1.807, 2.05) is 12.1 Å². The number of hydrogen-bond donors (Lipinski definition) is 2. The van der Waals surface area contributed by atoms with Crippen LogP contribution in [0.5, 0.6) is 0 Å². The fraction of sp³-hybridized carbons (Fsp3) is 0.357. The molecule has 0 unspecified atom stereocenters. The Kier molecular flexibility index (Phi) is 3.71. The molecule has 3 rings (SSSR count). The maximum absolute atomic E-state index is 9.32. The van der Waals surface area contributed by atoms with Crippen LogP contribution in [0, 0.1) is 11.3 Å². The Morgan fingerprint density at radius 2 is 2.19 bits per heavy atom. The highest BCUT2D eigenvalue weighted by molar-refractivity contribution is 5.65. The molecule has 0 bridgehead atoms. The van der Waals surface area contributed by atoms with Crippen LogP contribution < -0.4 is 11.1 Å². The minimum absolute atomic E-state index is 0.248. The molecule has 3 heterocycles. The van der Waals surface area contributed by atoms with E-state index < -0.39 is 0 Å². The Bertz CT molecular complexity index is 654. The van der Waals surface area contributed by atoms with Gasteiger partial charge < -0.3 is 15.8 Å². The van der Waals surface area contributed by atoms with Gasteiger partial charge in [-0.05, 0) is 25.0 Å². The summed E-state index contributed by atoms with van der Waals surface area (Å²) in [5, 5.41) is 17.0. The fourth-order valence-corrected chi connectivity index (χ4v) is 2.33. The summed E-state index contributed by atoms with van der Waals surface area (Å²) < 4.78 is 6.81. The maximum atomic E-state index is 9.32. The van der Waals surface area contributed by atoms with Crippen molar-refractivity contribution in [1.29, 1.82) is 5.26 Å². The van der Waals surface area contributed by atoms with Crippen LogP contribution in [-0.4, -0.2) is 34.0 Å². The Balaban J connectivity index is 1.92. The van der Waals surface area contributed by atoms with Crippen molar-refractivity contribution in [2.75, 3.05) is 24.3 Å². The van der Waals surface area contributed by atoms with E-state index in [0.29, 0.717) is 23.0 Å². The van der Waals surface area contributed by atoms with Gasteiger partial charge in [0.15, 0.2) is 11.6 Å². The van der Waals surface area contributed by atoms with Crippen LogP contribution in [0.4, 0.5) is 11.6 Å². The minimum atomic E-state index is 0.248. The van der Waals surface area contributed by atoms with Gasteiger partial charge in [0, 0.05) is 25.5 Å². The highest BCUT2D eigenvalue weighted by Gasteiger charge is 2.21. The van der Waals surface area contributed by atoms with Crippen LogP contribution in [-0.2, 0) is 4.74 Å². The fourth-order valence-electron chi connectivity index (χ4n) is 2.33. The van der Waals surface area contributed by atoms with E-state index in [9.17, 15) is 5.26 Å². The van der Waals surface area contributed by atoms with Crippen molar-refractivity contribution in [3.05, 3.63) is 30.0 Å². The molecule has 0 saturated carbocycles. The highest BCUT2D eigenvalue weighted by atomic mass is 16.5. The van der Waals surface area contributed by atoms with Crippen LogP contribution in [0.15, 0.2) is 24.4 Å².